The number of aromatic nitrogens is 4. The molecule has 0 atom stereocenters. The third-order valence-electron chi connectivity index (χ3n) is 4.72. The minimum Gasteiger partial charge on any atom is -0.367 e. The Labute approximate surface area is 151 Å². The van der Waals surface area contributed by atoms with Crippen molar-refractivity contribution in [3.05, 3.63) is 48.4 Å². The Morgan fingerprint density at radius 2 is 2.00 bits per heavy atom. The van der Waals surface area contributed by atoms with E-state index < -0.39 is 0 Å². The molecule has 1 aliphatic rings. The van der Waals surface area contributed by atoms with E-state index in [0.717, 1.165) is 42.1 Å². The van der Waals surface area contributed by atoms with Crippen LogP contribution in [-0.2, 0) is 6.42 Å². The third-order valence-corrected chi connectivity index (χ3v) is 4.72. The lowest BCUT2D eigenvalue weighted by Crippen LogP contribution is -2.50. The molecule has 1 aliphatic heterocycles. The Bertz CT molecular complexity index is 915. The molecule has 0 bridgehead atoms. The smallest absolute Gasteiger partial charge is 0.321 e. The van der Waals surface area contributed by atoms with Gasteiger partial charge in [0, 0.05) is 37.9 Å². The van der Waals surface area contributed by atoms with Crippen molar-refractivity contribution in [2.45, 2.75) is 13.3 Å². The molecule has 134 valence electrons. The number of carbonyl (C=O) groups excluding carboxylic acids is 1. The molecule has 3 aromatic rings. The lowest BCUT2D eigenvalue weighted by atomic mass is 10.1. The first-order valence-corrected chi connectivity index (χ1v) is 8.79. The van der Waals surface area contributed by atoms with Gasteiger partial charge in [0.05, 0.1) is 11.9 Å². The molecule has 1 fully saturated rings. The number of fused-ring (bicyclic) bond motifs is 1. The first-order valence-electron chi connectivity index (χ1n) is 8.79. The van der Waals surface area contributed by atoms with Crippen LogP contribution >= 0.6 is 0 Å². The number of anilines is 2. The van der Waals surface area contributed by atoms with Crippen molar-refractivity contribution in [1.29, 1.82) is 0 Å². The minimum atomic E-state index is -0.0448. The number of amides is 2. The molecule has 0 spiro atoms. The first kappa shape index (κ1) is 16.3. The van der Waals surface area contributed by atoms with E-state index in [9.17, 15) is 4.79 Å². The van der Waals surface area contributed by atoms with Crippen LogP contribution in [-0.4, -0.2) is 56.9 Å². The van der Waals surface area contributed by atoms with Gasteiger partial charge < -0.3 is 15.1 Å². The lowest BCUT2D eigenvalue weighted by Gasteiger charge is -2.35. The molecule has 1 saturated heterocycles. The number of benzene rings is 1. The molecule has 0 aliphatic carbocycles. The highest BCUT2D eigenvalue weighted by atomic mass is 16.2. The second-order valence-electron chi connectivity index (χ2n) is 6.26. The van der Waals surface area contributed by atoms with Crippen LogP contribution in [0, 0.1) is 0 Å². The highest BCUT2D eigenvalue weighted by molar-refractivity contribution is 5.90. The van der Waals surface area contributed by atoms with Crippen LogP contribution in [0.2, 0.25) is 0 Å². The van der Waals surface area contributed by atoms with E-state index in [1.807, 2.05) is 41.4 Å². The first-order chi connectivity index (χ1) is 12.7. The van der Waals surface area contributed by atoms with Gasteiger partial charge in [-0.15, -0.1) is 10.2 Å². The van der Waals surface area contributed by atoms with Gasteiger partial charge in [-0.05, 0) is 18.1 Å². The van der Waals surface area contributed by atoms with E-state index in [2.05, 4.69) is 32.4 Å². The fourth-order valence-corrected chi connectivity index (χ4v) is 3.20. The fourth-order valence-electron chi connectivity index (χ4n) is 3.20. The summed E-state index contributed by atoms with van der Waals surface area (Å²) in [5.41, 5.74) is 3.76. The van der Waals surface area contributed by atoms with Crippen molar-refractivity contribution in [3.63, 3.8) is 0 Å². The van der Waals surface area contributed by atoms with Crippen LogP contribution in [0.1, 0.15) is 12.5 Å². The number of hydrogen-bond donors (Lipinski definition) is 1. The number of para-hydroxylation sites is 1. The molecule has 2 amide bonds. The van der Waals surface area contributed by atoms with E-state index in [0.29, 0.717) is 13.1 Å². The summed E-state index contributed by atoms with van der Waals surface area (Å²) in [6.45, 7) is 4.93. The summed E-state index contributed by atoms with van der Waals surface area (Å²) < 4.78 is 1.64. The van der Waals surface area contributed by atoms with E-state index >= 15 is 0 Å². The van der Waals surface area contributed by atoms with Gasteiger partial charge in [0.25, 0.3) is 0 Å². The van der Waals surface area contributed by atoms with Gasteiger partial charge in [0.1, 0.15) is 6.33 Å². The minimum absolute atomic E-state index is 0.0448. The number of piperazine rings is 1. The van der Waals surface area contributed by atoms with Gasteiger partial charge in [-0.2, -0.15) is 5.10 Å². The van der Waals surface area contributed by atoms with Crippen molar-refractivity contribution in [1.82, 2.24) is 24.7 Å². The van der Waals surface area contributed by atoms with Crippen molar-refractivity contribution < 1.29 is 4.79 Å². The van der Waals surface area contributed by atoms with Crippen molar-refractivity contribution >= 4 is 23.1 Å². The zero-order valence-corrected chi connectivity index (χ0v) is 14.7. The summed E-state index contributed by atoms with van der Waals surface area (Å²) in [5, 5.41) is 15.2. The summed E-state index contributed by atoms with van der Waals surface area (Å²) in [6, 6.07) is 9.85. The Hall–Kier alpha value is -3.16. The van der Waals surface area contributed by atoms with Gasteiger partial charge in [-0.1, -0.05) is 25.1 Å². The summed E-state index contributed by atoms with van der Waals surface area (Å²) in [7, 11) is 0. The van der Waals surface area contributed by atoms with E-state index in [1.165, 1.54) is 0 Å². The second-order valence-corrected chi connectivity index (χ2v) is 6.26. The molecular weight excluding hydrogens is 330 g/mol. The van der Waals surface area contributed by atoms with Crippen molar-refractivity contribution in [2.24, 2.45) is 0 Å². The monoisotopic (exact) mass is 351 g/mol. The van der Waals surface area contributed by atoms with Gasteiger partial charge in [0.2, 0.25) is 0 Å². The number of carbonyl (C=O) groups is 1. The van der Waals surface area contributed by atoms with E-state index in [-0.39, 0.29) is 6.03 Å². The lowest BCUT2D eigenvalue weighted by molar-refractivity contribution is 0.208. The molecule has 3 heterocycles. The van der Waals surface area contributed by atoms with Crippen LogP contribution in [0.15, 0.2) is 42.9 Å². The van der Waals surface area contributed by atoms with Crippen LogP contribution < -0.4 is 10.2 Å². The Morgan fingerprint density at radius 3 is 2.81 bits per heavy atom. The van der Waals surface area contributed by atoms with Crippen molar-refractivity contribution in [3.8, 4) is 0 Å². The SMILES string of the molecule is CCc1ccccc1NC(=O)N1CCN(c2cnn3cnnc3c2)CC1. The molecule has 1 N–H and O–H groups in total. The highest BCUT2D eigenvalue weighted by Gasteiger charge is 2.22. The molecule has 0 radical (unpaired) electrons. The third kappa shape index (κ3) is 3.17. The van der Waals surface area contributed by atoms with Gasteiger partial charge in [0.15, 0.2) is 5.65 Å². The Balaban J connectivity index is 1.39. The van der Waals surface area contributed by atoms with Crippen LogP contribution in [0.3, 0.4) is 0 Å². The normalized spacial score (nSPS) is 14.7. The summed E-state index contributed by atoms with van der Waals surface area (Å²) in [5.74, 6) is 0. The molecule has 0 unspecified atom stereocenters. The number of aryl methyl sites for hydroxylation is 1. The highest BCUT2D eigenvalue weighted by Crippen LogP contribution is 2.19. The summed E-state index contributed by atoms with van der Waals surface area (Å²) in [4.78, 5) is 16.6. The molecule has 4 rings (SSSR count). The van der Waals surface area contributed by atoms with Crippen molar-refractivity contribution in [2.75, 3.05) is 36.4 Å². The maximum atomic E-state index is 12.6. The molecule has 0 saturated carbocycles. The topological polar surface area (TPSA) is 78.7 Å². The average molecular weight is 351 g/mol. The quantitative estimate of drug-likeness (QED) is 0.781. The molecule has 8 heteroatoms. The standard InChI is InChI=1S/C18H21N7O/c1-2-14-5-3-4-6-16(14)21-18(26)24-9-7-23(8-10-24)15-11-17-22-19-13-25(17)20-12-15/h3-6,11-13H,2,7-10H2,1H3,(H,21,26). The van der Waals surface area contributed by atoms with E-state index in [1.54, 1.807) is 10.8 Å². The van der Waals surface area contributed by atoms with Gasteiger partial charge >= 0.3 is 6.03 Å². The van der Waals surface area contributed by atoms with Gasteiger partial charge in [-0.25, -0.2) is 9.31 Å². The van der Waals surface area contributed by atoms with Crippen LogP contribution in [0.25, 0.3) is 5.65 Å². The fraction of sp³-hybridized carbons (Fsp3) is 0.333. The Morgan fingerprint density at radius 1 is 1.19 bits per heavy atom. The molecule has 2 aromatic heterocycles. The zero-order chi connectivity index (χ0) is 17.9. The van der Waals surface area contributed by atoms with E-state index in [4.69, 9.17) is 0 Å². The predicted octanol–water partition coefficient (Wildman–Crippen LogP) is 2.04. The van der Waals surface area contributed by atoms with Gasteiger partial charge in [-0.3, -0.25) is 0 Å². The van der Waals surface area contributed by atoms with Crippen LogP contribution in [0.5, 0.6) is 0 Å². The maximum Gasteiger partial charge on any atom is 0.321 e. The maximum absolute atomic E-state index is 12.6. The zero-order valence-electron chi connectivity index (χ0n) is 14.7. The Kier molecular flexibility index (Phi) is 4.39. The number of nitrogens with one attached hydrogen (secondary N) is 1. The number of nitrogens with zero attached hydrogens (tertiary/aromatic N) is 6. The molecule has 8 nitrogen and oxygen atoms in total. The molecule has 26 heavy (non-hydrogen) atoms. The van der Waals surface area contributed by atoms with Crippen LogP contribution in [0.4, 0.5) is 16.2 Å². The number of urea groups is 1. The molecule has 1 aromatic carbocycles. The predicted molar refractivity (Wildman–Crippen MR) is 99.4 cm³/mol. The summed E-state index contributed by atoms with van der Waals surface area (Å²) >= 11 is 0. The second kappa shape index (κ2) is 6.99. The summed E-state index contributed by atoms with van der Waals surface area (Å²) in [6.07, 6.45) is 4.28. The molecular formula is C18H21N7O. The number of rotatable bonds is 3. The number of hydrogen-bond acceptors (Lipinski definition) is 5. The largest absolute Gasteiger partial charge is 0.367 e. The average Bonchev–Trinajstić information content (AvgIpc) is 3.16.